The van der Waals surface area contributed by atoms with Gasteiger partial charge in [-0.15, -0.1) is 0 Å². The predicted molar refractivity (Wildman–Crippen MR) is 126 cm³/mol. The van der Waals surface area contributed by atoms with Gasteiger partial charge >= 0.3 is 0 Å². The Morgan fingerprint density at radius 1 is 0.906 bits per heavy atom. The lowest BCUT2D eigenvalue weighted by Gasteiger charge is -2.28. The molecule has 1 aliphatic rings. The smallest absolute Gasteiger partial charge is 0.247 e. The molecule has 1 atom stereocenters. The van der Waals surface area contributed by atoms with Crippen LogP contribution in [0.5, 0.6) is 0 Å². The van der Waals surface area contributed by atoms with Gasteiger partial charge in [-0.3, -0.25) is 9.10 Å². The van der Waals surface area contributed by atoms with Crippen LogP contribution in [0.25, 0.3) is 0 Å². The lowest BCUT2D eigenvalue weighted by atomic mass is 10.2. The molecule has 2 aromatic carbocycles. The average molecular weight is 480 g/mol. The second-order valence-corrected chi connectivity index (χ2v) is 11.7. The van der Waals surface area contributed by atoms with Crippen molar-refractivity contribution in [2.24, 2.45) is 0 Å². The van der Waals surface area contributed by atoms with Crippen molar-refractivity contribution >= 4 is 37.3 Å². The quantitative estimate of drug-likeness (QED) is 0.657. The fourth-order valence-corrected chi connectivity index (χ4v) is 6.46. The van der Waals surface area contributed by atoms with Crippen LogP contribution in [0.1, 0.15) is 32.6 Å². The van der Waals surface area contributed by atoms with E-state index >= 15 is 0 Å². The van der Waals surface area contributed by atoms with E-state index in [1.807, 2.05) is 0 Å². The van der Waals surface area contributed by atoms with Crippen LogP contribution in [0.3, 0.4) is 0 Å². The highest BCUT2D eigenvalue weighted by Gasteiger charge is 2.29. The monoisotopic (exact) mass is 479 g/mol. The van der Waals surface area contributed by atoms with E-state index in [1.54, 1.807) is 30.3 Å². The van der Waals surface area contributed by atoms with E-state index in [2.05, 4.69) is 5.32 Å². The molecular formula is C22H29N3O5S2. The van der Waals surface area contributed by atoms with Crippen LogP contribution in [0.15, 0.2) is 59.5 Å². The molecule has 32 heavy (non-hydrogen) atoms. The number of rotatable bonds is 7. The molecule has 0 unspecified atom stereocenters. The highest BCUT2D eigenvalue weighted by molar-refractivity contribution is 7.92. The third-order valence-corrected chi connectivity index (χ3v) is 8.58. The van der Waals surface area contributed by atoms with E-state index in [-0.39, 0.29) is 4.90 Å². The fraction of sp³-hybridized carbons (Fsp3) is 0.409. The summed E-state index contributed by atoms with van der Waals surface area (Å²) in [5.41, 5.74) is 0.773. The van der Waals surface area contributed by atoms with Crippen molar-refractivity contribution in [3.05, 3.63) is 54.6 Å². The maximum Gasteiger partial charge on any atom is 0.247 e. The Morgan fingerprint density at radius 3 is 2.00 bits per heavy atom. The number of hydrogen-bond donors (Lipinski definition) is 1. The van der Waals surface area contributed by atoms with Crippen LogP contribution in [0.2, 0.25) is 0 Å². The van der Waals surface area contributed by atoms with E-state index < -0.39 is 32.0 Å². The van der Waals surface area contributed by atoms with Gasteiger partial charge in [0, 0.05) is 18.8 Å². The summed E-state index contributed by atoms with van der Waals surface area (Å²) in [4.78, 5) is 13.0. The lowest BCUT2D eigenvalue weighted by molar-refractivity contribution is -0.116. The molecule has 0 aromatic heterocycles. The second-order valence-electron chi connectivity index (χ2n) is 7.90. The van der Waals surface area contributed by atoms with Gasteiger partial charge < -0.3 is 5.32 Å². The molecule has 0 bridgehead atoms. The number of carbonyl (C=O) groups excluding carboxylic acids is 1. The van der Waals surface area contributed by atoms with E-state index in [0.29, 0.717) is 24.5 Å². The summed E-state index contributed by atoms with van der Waals surface area (Å²) in [6.45, 7) is 2.53. The molecule has 0 saturated carbocycles. The van der Waals surface area contributed by atoms with E-state index in [4.69, 9.17) is 0 Å². The third kappa shape index (κ3) is 5.67. The zero-order valence-electron chi connectivity index (χ0n) is 18.3. The van der Waals surface area contributed by atoms with Crippen molar-refractivity contribution < 1.29 is 21.6 Å². The number of hydrogen-bond acceptors (Lipinski definition) is 5. The van der Waals surface area contributed by atoms with Crippen LogP contribution in [0, 0.1) is 0 Å². The topological polar surface area (TPSA) is 104 Å². The summed E-state index contributed by atoms with van der Waals surface area (Å²) in [6.07, 6.45) is 4.81. The fourth-order valence-electron chi connectivity index (χ4n) is 3.77. The van der Waals surface area contributed by atoms with Gasteiger partial charge in [0.1, 0.15) is 6.04 Å². The standard InChI is InChI=1S/C22H29N3O5S2/c1-18(25(31(2,27)28)20-10-6-5-7-11-20)22(26)23-19-12-14-21(15-13-19)32(29,30)24-16-8-3-4-9-17-24/h5-7,10-15,18H,3-4,8-9,16-17H2,1-2H3,(H,23,26)/t18-/m0/s1. The molecule has 1 heterocycles. The first-order chi connectivity index (χ1) is 15.1. The Labute approximate surface area is 190 Å². The van der Waals surface area contributed by atoms with Gasteiger partial charge in [0.25, 0.3) is 0 Å². The van der Waals surface area contributed by atoms with Crippen LogP contribution < -0.4 is 9.62 Å². The van der Waals surface area contributed by atoms with Crippen molar-refractivity contribution in [1.29, 1.82) is 0 Å². The van der Waals surface area contributed by atoms with Crippen LogP contribution in [0.4, 0.5) is 11.4 Å². The molecular weight excluding hydrogens is 450 g/mol. The predicted octanol–water partition coefficient (Wildman–Crippen LogP) is 3.04. The molecule has 3 rings (SSSR count). The molecule has 8 nitrogen and oxygen atoms in total. The Morgan fingerprint density at radius 2 is 1.47 bits per heavy atom. The first-order valence-corrected chi connectivity index (χ1v) is 13.8. The molecule has 0 aliphatic carbocycles. The zero-order valence-corrected chi connectivity index (χ0v) is 19.9. The number of para-hydroxylation sites is 1. The maximum atomic E-state index is 12.9. The summed E-state index contributed by atoms with van der Waals surface area (Å²) in [6, 6.07) is 13.3. The van der Waals surface area contributed by atoms with E-state index in [0.717, 1.165) is 36.2 Å². The zero-order chi connectivity index (χ0) is 23.4. The highest BCUT2D eigenvalue weighted by Crippen LogP contribution is 2.23. The van der Waals surface area contributed by atoms with Gasteiger partial charge in [-0.2, -0.15) is 4.31 Å². The lowest BCUT2D eigenvalue weighted by Crippen LogP contribution is -2.45. The molecule has 2 aromatic rings. The van der Waals surface area contributed by atoms with E-state index in [1.165, 1.54) is 35.5 Å². The van der Waals surface area contributed by atoms with Gasteiger partial charge in [0.15, 0.2) is 0 Å². The number of anilines is 2. The number of carbonyl (C=O) groups is 1. The summed E-state index contributed by atoms with van der Waals surface area (Å²) in [7, 11) is -7.29. The molecule has 0 spiro atoms. The number of sulfonamides is 2. The molecule has 1 saturated heterocycles. The molecule has 174 valence electrons. The SMILES string of the molecule is C[C@@H](C(=O)Nc1ccc(S(=O)(=O)N2CCCCCC2)cc1)N(c1ccccc1)S(C)(=O)=O. The summed E-state index contributed by atoms with van der Waals surface area (Å²) in [5, 5.41) is 2.68. The summed E-state index contributed by atoms with van der Waals surface area (Å²) < 4.78 is 53.0. The maximum absolute atomic E-state index is 12.9. The van der Waals surface area contributed by atoms with E-state index in [9.17, 15) is 21.6 Å². The summed E-state index contributed by atoms with van der Waals surface area (Å²) in [5.74, 6) is -0.526. The third-order valence-electron chi connectivity index (χ3n) is 5.42. The van der Waals surface area contributed by atoms with Crippen molar-refractivity contribution in [2.75, 3.05) is 29.0 Å². The number of nitrogens with one attached hydrogen (secondary N) is 1. The Bertz CT molecular complexity index is 1130. The number of benzene rings is 2. The van der Waals surface area contributed by atoms with Crippen LogP contribution in [-0.4, -0.2) is 52.4 Å². The van der Waals surface area contributed by atoms with Crippen molar-refractivity contribution in [3.8, 4) is 0 Å². The first-order valence-electron chi connectivity index (χ1n) is 10.6. The molecule has 0 radical (unpaired) electrons. The minimum atomic E-state index is -3.71. The van der Waals surface area contributed by atoms with Gasteiger partial charge in [0.2, 0.25) is 26.0 Å². The van der Waals surface area contributed by atoms with Crippen LogP contribution >= 0.6 is 0 Å². The largest absolute Gasteiger partial charge is 0.324 e. The number of amides is 1. The highest BCUT2D eigenvalue weighted by atomic mass is 32.2. The molecule has 1 fully saturated rings. The molecule has 10 heteroatoms. The van der Waals surface area contributed by atoms with Crippen LogP contribution in [-0.2, 0) is 24.8 Å². The van der Waals surface area contributed by atoms with Gasteiger partial charge in [0.05, 0.1) is 16.8 Å². The summed E-state index contributed by atoms with van der Waals surface area (Å²) >= 11 is 0. The first kappa shape index (κ1) is 24.2. The van der Waals surface area contributed by atoms with Crippen molar-refractivity contribution in [2.45, 2.75) is 43.5 Å². The van der Waals surface area contributed by atoms with Gasteiger partial charge in [-0.05, 0) is 56.2 Å². The Hall–Kier alpha value is -2.43. The molecule has 1 amide bonds. The van der Waals surface area contributed by atoms with Crippen molar-refractivity contribution in [1.82, 2.24) is 4.31 Å². The van der Waals surface area contributed by atoms with Gasteiger partial charge in [-0.1, -0.05) is 31.0 Å². The molecule has 1 aliphatic heterocycles. The second kappa shape index (κ2) is 10.0. The molecule has 1 N–H and O–H groups in total. The number of nitrogens with zero attached hydrogens (tertiary/aromatic N) is 2. The minimum absolute atomic E-state index is 0.174. The normalized spacial score (nSPS) is 16.7. The Balaban J connectivity index is 1.75. The van der Waals surface area contributed by atoms with Crippen molar-refractivity contribution in [3.63, 3.8) is 0 Å². The minimum Gasteiger partial charge on any atom is -0.324 e. The Kier molecular flexibility index (Phi) is 7.58. The average Bonchev–Trinajstić information content (AvgIpc) is 3.04. The van der Waals surface area contributed by atoms with Gasteiger partial charge in [-0.25, -0.2) is 16.8 Å².